The molecule has 4 nitrogen and oxygen atoms in total. The Morgan fingerprint density at radius 1 is 1.38 bits per heavy atom. The first kappa shape index (κ1) is 12.5. The summed E-state index contributed by atoms with van der Waals surface area (Å²) in [7, 11) is 3.42. The van der Waals surface area contributed by atoms with Gasteiger partial charge in [-0.3, -0.25) is 4.79 Å². The normalized spacial score (nSPS) is 9.94. The van der Waals surface area contributed by atoms with Gasteiger partial charge < -0.3 is 14.7 Å². The number of carbonyl (C=O) groups is 1. The Kier molecular flexibility index (Phi) is 4.79. The van der Waals surface area contributed by atoms with E-state index in [0.29, 0.717) is 18.8 Å². The predicted octanol–water partition coefficient (Wildman–Crippen LogP) is 1.04. The van der Waals surface area contributed by atoms with E-state index in [1.165, 1.54) is 4.90 Å². The molecule has 0 aliphatic carbocycles. The molecule has 0 fully saturated rings. The molecule has 0 aliphatic heterocycles. The van der Waals surface area contributed by atoms with Crippen LogP contribution in [0.3, 0.4) is 0 Å². The van der Waals surface area contributed by atoms with Gasteiger partial charge in [0, 0.05) is 19.7 Å². The van der Waals surface area contributed by atoms with Crippen molar-refractivity contribution in [1.29, 1.82) is 0 Å². The number of amides is 1. The van der Waals surface area contributed by atoms with Crippen LogP contribution in [0.1, 0.15) is 12.0 Å². The van der Waals surface area contributed by atoms with Gasteiger partial charge in [0.1, 0.15) is 5.75 Å². The number of aliphatic hydroxyl groups excluding tert-OH is 1. The third-order valence-electron chi connectivity index (χ3n) is 2.22. The van der Waals surface area contributed by atoms with E-state index < -0.39 is 0 Å². The van der Waals surface area contributed by atoms with Gasteiger partial charge in [-0.05, 0) is 6.07 Å². The van der Waals surface area contributed by atoms with Crippen LogP contribution in [0.4, 0.5) is 0 Å². The molecule has 0 unspecified atom stereocenters. The number of aliphatic hydroxyl groups is 1. The number of ether oxygens (including phenoxy) is 1. The number of rotatable bonds is 5. The first-order chi connectivity index (χ1) is 7.65. The molecule has 4 heteroatoms. The van der Waals surface area contributed by atoms with Gasteiger partial charge in [-0.2, -0.15) is 0 Å². The van der Waals surface area contributed by atoms with Gasteiger partial charge >= 0.3 is 0 Å². The molecule has 1 aromatic carbocycles. The summed E-state index contributed by atoms with van der Waals surface area (Å²) in [5.41, 5.74) is 0.736. The fourth-order valence-electron chi connectivity index (χ4n) is 1.25. The van der Waals surface area contributed by atoms with Crippen LogP contribution >= 0.6 is 0 Å². The molecule has 0 atom stereocenters. The molecule has 0 radical (unpaired) electrons. The lowest BCUT2D eigenvalue weighted by Crippen LogP contribution is -2.23. The zero-order valence-electron chi connectivity index (χ0n) is 9.64. The van der Waals surface area contributed by atoms with Crippen molar-refractivity contribution >= 4 is 5.91 Å². The van der Waals surface area contributed by atoms with Gasteiger partial charge in [0.15, 0.2) is 0 Å². The van der Waals surface area contributed by atoms with Crippen LogP contribution in [0.15, 0.2) is 24.3 Å². The largest absolute Gasteiger partial charge is 0.493 e. The molecule has 1 N–H and O–H groups in total. The molecule has 1 amide bonds. The first-order valence-corrected chi connectivity index (χ1v) is 5.17. The number of benzene rings is 1. The van der Waals surface area contributed by atoms with Crippen molar-refractivity contribution in [3.05, 3.63) is 29.8 Å². The molecule has 16 heavy (non-hydrogen) atoms. The Labute approximate surface area is 95.5 Å². The van der Waals surface area contributed by atoms with Crippen molar-refractivity contribution in [2.45, 2.75) is 13.0 Å². The minimum Gasteiger partial charge on any atom is -0.493 e. The molecule has 0 aromatic heterocycles. The van der Waals surface area contributed by atoms with E-state index in [2.05, 4.69) is 0 Å². The smallest absolute Gasteiger partial charge is 0.225 e. The van der Waals surface area contributed by atoms with Crippen molar-refractivity contribution in [3.63, 3.8) is 0 Å². The molecular weight excluding hydrogens is 206 g/mol. The number of carbonyl (C=O) groups excluding carboxylic acids is 1. The number of hydrogen-bond acceptors (Lipinski definition) is 3. The summed E-state index contributed by atoms with van der Waals surface area (Å²) in [6, 6.07) is 7.25. The minimum atomic E-state index is -0.0577. The lowest BCUT2D eigenvalue weighted by molar-refractivity contribution is -0.129. The highest BCUT2D eigenvalue weighted by Gasteiger charge is 2.05. The molecule has 1 rings (SSSR count). The maximum atomic E-state index is 11.3. The summed E-state index contributed by atoms with van der Waals surface area (Å²) in [6.07, 6.45) is 0.340. The van der Waals surface area contributed by atoms with Crippen LogP contribution in [0.2, 0.25) is 0 Å². The molecule has 88 valence electrons. The van der Waals surface area contributed by atoms with Gasteiger partial charge in [-0.15, -0.1) is 0 Å². The standard InChI is InChI=1S/C12H17NO3/c1-13(2)12(15)7-8-16-11-6-4-3-5-10(11)9-14/h3-6,14H,7-9H2,1-2H3. The SMILES string of the molecule is CN(C)C(=O)CCOc1ccccc1CO. The van der Waals surface area contributed by atoms with E-state index in [9.17, 15) is 4.79 Å². The van der Waals surface area contributed by atoms with E-state index in [-0.39, 0.29) is 12.5 Å². The average molecular weight is 223 g/mol. The summed E-state index contributed by atoms with van der Waals surface area (Å²) in [5.74, 6) is 0.665. The molecule has 1 aromatic rings. The van der Waals surface area contributed by atoms with Crippen LogP contribution in [0.25, 0.3) is 0 Å². The summed E-state index contributed by atoms with van der Waals surface area (Å²) in [6.45, 7) is 0.270. The van der Waals surface area contributed by atoms with E-state index in [4.69, 9.17) is 9.84 Å². The monoisotopic (exact) mass is 223 g/mol. The fourth-order valence-corrected chi connectivity index (χ4v) is 1.25. The summed E-state index contributed by atoms with van der Waals surface area (Å²) >= 11 is 0. The molecular formula is C12H17NO3. The fraction of sp³-hybridized carbons (Fsp3) is 0.417. The predicted molar refractivity (Wildman–Crippen MR) is 61.2 cm³/mol. The molecule has 0 bridgehead atoms. The van der Waals surface area contributed by atoms with Crippen LogP contribution in [0, 0.1) is 0 Å². The van der Waals surface area contributed by atoms with Crippen LogP contribution in [-0.2, 0) is 11.4 Å². The summed E-state index contributed by atoms with van der Waals surface area (Å²) in [4.78, 5) is 12.8. The molecule has 0 heterocycles. The zero-order valence-corrected chi connectivity index (χ0v) is 9.64. The van der Waals surface area contributed by atoms with Gasteiger partial charge in [0.2, 0.25) is 5.91 Å². The average Bonchev–Trinajstić information content (AvgIpc) is 2.29. The van der Waals surface area contributed by atoms with E-state index in [1.807, 2.05) is 12.1 Å². The zero-order chi connectivity index (χ0) is 12.0. The summed E-state index contributed by atoms with van der Waals surface area (Å²) < 4.78 is 5.44. The van der Waals surface area contributed by atoms with Crippen molar-refractivity contribution in [2.24, 2.45) is 0 Å². The van der Waals surface area contributed by atoms with Gasteiger partial charge in [-0.1, -0.05) is 18.2 Å². The van der Waals surface area contributed by atoms with E-state index >= 15 is 0 Å². The quantitative estimate of drug-likeness (QED) is 0.811. The molecule has 0 saturated carbocycles. The van der Waals surface area contributed by atoms with Crippen molar-refractivity contribution in [3.8, 4) is 5.75 Å². The number of hydrogen-bond donors (Lipinski definition) is 1. The van der Waals surface area contributed by atoms with Crippen molar-refractivity contribution < 1.29 is 14.6 Å². The van der Waals surface area contributed by atoms with Crippen molar-refractivity contribution in [2.75, 3.05) is 20.7 Å². The highest BCUT2D eigenvalue weighted by atomic mass is 16.5. The minimum absolute atomic E-state index is 0.0291. The van der Waals surface area contributed by atoms with Crippen molar-refractivity contribution in [1.82, 2.24) is 4.90 Å². The third kappa shape index (κ3) is 3.55. The Balaban J connectivity index is 2.45. The highest BCUT2D eigenvalue weighted by molar-refractivity contribution is 5.75. The summed E-state index contributed by atoms with van der Waals surface area (Å²) in [5, 5.41) is 9.06. The van der Waals surface area contributed by atoms with E-state index in [1.54, 1.807) is 26.2 Å². The second-order valence-electron chi connectivity index (χ2n) is 3.65. The van der Waals surface area contributed by atoms with Crippen LogP contribution < -0.4 is 4.74 Å². The molecule has 0 aliphatic rings. The van der Waals surface area contributed by atoms with E-state index in [0.717, 1.165) is 5.56 Å². The molecule has 0 spiro atoms. The maximum Gasteiger partial charge on any atom is 0.225 e. The third-order valence-corrected chi connectivity index (χ3v) is 2.22. The highest BCUT2D eigenvalue weighted by Crippen LogP contribution is 2.17. The lowest BCUT2D eigenvalue weighted by Gasteiger charge is -2.12. The number of para-hydroxylation sites is 1. The molecule has 0 saturated heterocycles. The second kappa shape index (κ2) is 6.12. The Bertz CT molecular complexity index is 350. The van der Waals surface area contributed by atoms with Gasteiger partial charge in [0.05, 0.1) is 19.6 Å². The van der Waals surface area contributed by atoms with Gasteiger partial charge in [-0.25, -0.2) is 0 Å². The first-order valence-electron chi connectivity index (χ1n) is 5.17. The second-order valence-corrected chi connectivity index (χ2v) is 3.65. The van der Waals surface area contributed by atoms with Crippen LogP contribution in [-0.4, -0.2) is 36.6 Å². The van der Waals surface area contributed by atoms with Gasteiger partial charge in [0.25, 0.3) is 0 Å². The maximum absolute atomic E-state index is 11.3. The lowest BCUT2D eigenvalue weighted by atomic mass is 10.2. The Morgan fingerprint density at radius 2 is 2.06 bits per heavy atom. The topological polar surface area (TPSA) is 49.8 Å². The number of nitrogens with zero attached hydrogens (tertiary/aromatic N) is 1. The van der Waals surface area contributed by atoms with Crippen LogP contribution in [0.5, 0.6) is 5.75 Å². The Hall–Kier alpha value is -1.55. The Morgan fingerprint density at radius 3 is 2.69 bits per heavy atom.